The molecule has 110 valence electrons. The van der Waals surface area contributed by atoms with Crippen molar-refractivity contribution >= 4 is 46.3 Å². The van der Waals surface area contributed by atoms with Crippen LogP contribution in [0, 0.1) is 0 Å². The summed E-state index contributed by atoms with van der Waals surface area (Å²) >= 11 is 6.17. The number of benzene rings is 1. The molecule has 0 saturated carbocycles. The van der Waals surface area contributed by atoms with Crippen molar-refractivity contribution in [1.82, 2.24) is 9.88 Å². The van der Waals surface area contributed by atoms with Crippen LogP contribution < -0.4 is 10.4 Å². The van der Waals surface area contributed by atoms with Crippen LogP contribution in [0.3, 0.4) is 0 Å². The number of carboxylic acids is 1. The number of rotatable bonds is 3. The lowest BCUT2D eigenvalue weighted by Crippen LogP contribution is -2.22. The number of nitrogens with zero attached hydrogens (tertiary/aromatic N) is 1. The molecule has 1 aliphatic rings. The summed E-state index contributed by atoms with van der Waals surface area (Å²) < 4.78 is 2.29. The third-order valence-corrected chi connectivity index (χ3v) is 4.25. The van der Waals surface area contributed by atoms with Gasteiger partial charge < -0.3 is 19.8 Å². The molecule has 1 saturated heterocycles. The average Bonchev–Trinajstić information content (AvgIpc) is 3.06. The van der Waals surface area contributed by atoms with E-state index in [0.29, 0.717) is 9.23 Å². The summed E-state index contributed by atoms with van der Waals surface area (Å²) in [4.78, 5) is 23.0. The summed E-state index contributed by atoms with van der Waals surface area (Å²) in [7, 11) is 0. The summed E-state index contributed by atoms with van der Waals surface area (Å²) in [6.45, 7) is 0. The zero-order chi connectivity index (χ0) is 15.7. The normalized spacial score (nSPS) is 16.1. The van der Waals surface area contributed by atoms with Crippen molar-refractivity contribution in [3.05, 3.63) is 58.8 Å². The predicted molar refractivity (Wildman–Crippen MR) is 86.4 cm³/mol. The highest BCUT2D eigenvalue weighted by atomic mass is 32.2. The summed E-state index contributed by atoms with van der Waals surface area (Å²) in [6.07, 6.45) is 3.57. The van der Waals surface area contributed by atoms with E-state index in [1.807, 2.05) is 22.9 Å². The second-order valence-electron chi connectivity index (χ2n) is 4.49. The molecular formula is C15H9N2O3S2-. The maximum atomic E-state index is 11.7. The van der Waals surface area contributed by atoms with E-state index < -0.39 is 5.97 Å². The van der Waals surface area contributed by atoms with Gasteiger partial charge in [0.25, 0.3) is 5.91 Å². The summed E-state index contributed by atoms with van der Waals surface area (Å²) in [6, 6.07) is 10.0. The highest BCUT2D eigenvalue weighted by Gasteiger charge is 2.22. The van der Waals surface area contributed by atoms with Gasteiger partial charge in [0, 0.05) is 17.6 Å². The Morgan fingerprint density at radius 2 is 2.00 bits per heavy atom. The minimum atomic E-state index is -1.21. The average molecular weight is 329 g/mol. The summed E-state index contributed by atoms with van der Waals surface area (Å²) in [5.41, 5.74) is 1.70. The van der Waals surface area contributed by atoms with E-state index >= 15 is 0 Å². The van der Waals surface area contributed by atoms with Crippen LogP contribution >= 0.6 is 24.0 Å². The first-order chi connectivity index (χ1) is 10.5. The van der Waals surface area contributed by atoms with Crippen LogP contribution in [-0.2, 0) is 4.79 Å². The molecule has 1 aliphatic heterocycles. The van der Waals surface area contributed by atoms with Crippen molar-refractivity contribution in [2.75, 3.05) is 0 Å². The Morgan fingerprint density at radius 1 is 1.27 bits per heavy atom. The van der Waals surface area contributed by atoms with Gasteiger partial charge in [0.1, 0.15) is 4.32 Å². The molecule has 0 unspecified atom stereocenters. The number of thiocarbonyl (C=S) groups is 1. The first-order valence-corrected chi connectivity index (χ1v) is 7.51. The number of amides is 1. The predicted octanol–water partition coefficient (Wildman–Crippen LogP) is 1.33. The number of aromatic nitrogens is 1. The van der Waals surface area contributed by atoms with E-state index in [4.69, 9.17) is 12.2 Å². The largest absolute Gasteiger partial charge is 0.545 e. The van der Waals surface area contributed by atoms with Crippen LogP contribution in [0.4, 0.5) is 0 Å². The lowest BCUT2D eigenvalue weighted by molar-refractivity contribution is -0.255. The molecule has 1 N–H and O–H groups in total. The van der Waals surface area contributed by atoms with Crippen molar-refractivity contribution in [2.24, 2.45) is 0 Å². The minimum absolute atomic E-state index is 0.117. The zero-order valence-electron chi connectivity index (χ0n) is 11.1. The Labute approximate surface area is 135 Å². The molecule has 0 radical (unpaired) electrons. The molecule has 0 bridgehead atoms. The zero-order valence-corrected chi connectivity index (χ0v) is 12.7. The van der Waals surface area contributed by atoms with Crippen LogP contribution in [0.25, 0.3) is 11.8 Å². The second-order valence-corrected chi connectivity index (χ2v) is 6.21. The lowest BCUT2D eigenvalue weighted by atomic mass is 10.2. The third kappa shape index (κ3) is 2.81. The number of carbonyl (C=O) groups excluding carboxylic acids is 2. The fourth-order valence-corrected chi connectivity index (χ4v) is 3.09. The van der Waals surface area contributed by atoms with Crippen molar-refractivity contribution in [2.45, 2.75) is 0 Å². The fourth-order valence-electron chi connectivity index (χ4n) is 2.06. The van der Waals surface area contributed by atoms with E-state index in [1.54, 1.807) is 18.2 Å². The van der Waals surface area contributed by atoms with Gasteiger partial charge in [-0.3, -0.25) is 4.79 Å². The third-order valence-electron chi connectivity index (χ3n) is 3.08. The molecule has 5 nitrogen and oxygen atoms in total. The Kier molecular flexibility index (Phi) is 3.82. The Bertz CT molecular complexity index is 806. The molecule has 3 rings (SSSR count). The van der Waals surface area contributed by atoms with E-state index in [0.717, 1.165) is 11.4 Å². The number of carboxylic acid groups (broad SMARTS) is 1. The minimum Gasteiger partial charge on any atom is -0.545 e. The van der Waals surface area contributed by atoms with E-state index in [1.165, 1.54) is 23.9 Å². The van der Waals surface area contributed by atoms with Crippen molar-refractivity contribution < 1.29 is 14.7 Å². The van der Waals surface area contributed by atoms with Crippen LogP contribution in [-0.4, -0.2) is 20.8 Å². The number of thioether (sulfide) groups is 1. The maximum Gasteiger partial charge on any atom is 0.263 e. The number of hydrogen-bond donors (Lipinski definition) is 1. The van der Waals surface area contributed by atoms with Crippen molar-refractivity contribution in [3.8, 4) is 5.69 Å². The highest BCUT2D eigenvalue weighted by Crippen LogP contribution is 2.26. The Balaban J connectivity index is 1.95. The van der Waals surface area contributed by atoms with Gasteiger partial charge in [-0.05, 0) is 35.9 Å². The van der Waals surface area contributed by atoms with Gasteiger partial charge in [0.15, 0.2) is 0 Å². The molecule has 0 atom stereocenters. The van der Waals surface area contributed by atoms with Gasteiger partial charge in [-0.1, -0.05) is 36.1 Å². The van der Waals surface area contributed by atoms with Gasteiger partial charge in [0.2, 0.25) is 0 Å². The number of nitrogens with one attached hydrogen (secondary N) is 1. The smallest absolute Gasteiger partial charge is 0.263 e. The van der Waals surface area contributed by atoms with E-state index in [-0.39, 0.29) is 11.5 Å². The fraction of sp³-hybridized carbons (Fsp3) is 0. The van der Waals surface area contributed by atoms with Gasteiger partial charge in [-0.2, -0.15) is 0 Å². The number of aromatic carboxylic acids is 1. The molecular weight excluding hydrogens is 320 g/mol. The van der Waals surface area contributed by atoms with Gasteiger partial charge in [-0.25, -0.2) is 0 Å². The first-order valence-electron chi connectivity index (χ1n) is 6.28. The highest BCUT2D eigenvalue weighted by molar-refractivity contribution is 8.26. The molecule has 7 heteroatoms. The summed E-state index contributed by atoms with van der Waals surface area (Å²) in [5, 5.41) is 13.3. The van der Waals surface area contributed by atoms with Gasteiger partial charge in [-0.15, -0.1) is 0 Å². The topological polar surface area (TPSA) is 74.2 Å². The van der Waals surface area contributed by atoms with Crippen molar-refractivity contribution in [3.63, 3.8) is 0 Å². The molecule has 1 aromatic heterocycles. The first kappa shape index (κ1) is 14.6. The number of carbonyl (C=O) groups is 2. The van der Waals surface area contributed by atoms with Crippen LogP contribution in [0.5, 0.6) is 0 Å². The van der Waals surface area contributed by atoms with E-state index in [2.05, 4.69) is 5.32 Å². The van der Waals surface area contributed by atoms with E-state index in [9.17, 15) is 14.7 Å². The SMILES string of the molecule is O=C1NC(=S)S/C1=C\c1cccn1-c1ccc(C(=O)[O-])cc1. The Morgan fingerprint density at radius 3 is 2.59 bits per heavy atom. The molecule has 2 aromatic rings. The van der Waals surface area contributed by atoms with Crippen LogP contribution in [0.2, 0.25) is 0 Å². The monoisotopic (exact) mass is 329 g/mol. The van der Waals surface area contributed by atoms with Crippen LogP contribution in [0.1, 0.15) is 16.1 Å². The van der Waals surface area contributed by atoms with Crippen molar-refractivity contribution in [1.29, 1.82) is 0 Å². The molecule has 1 amide bonds. The van der Waals surface area contributed by atoms with Gasteiger partial charge in [0.05, 0.1) is 10.9 Å². The molecule has 2 heterocycles. The lowest BCUT2D eigenvalue weighted by Gasteiger charge is -2.08. The molecule has 0 spiro atoms. The summed E-state index contributed by atoms with van der Waals surface area (Å²) in [5.74, 6) is -1.43. The molecule has 0 aliphatic carbocycles. The van der Waals surface area contributed by atoms with Crippen LogP contribution in [0.15, 0.2) is 47.5 Å². The molecule has 1 aromatic carbocycles. The maximum absolute atomic E-state index is 11.7. The molecule has 1 fully saturated rings. The van der Waals surface area contributed by atoms with Gasteiger partial charge >= 0.3 is 0 Å². The number of hydrogen-bond acceptors (Lipinski definition) is 5. The Hall–Kier alpha value is -2.38. The standard InChI is InChI=1S/C15H10N2O3S2/c18-13-12(22-15(21)16-13)8-11-2-1-7-17(11)10-5-3-9(4-6-10)14(19)20/h1-8H,(H,19,20)(H,16,18,21)/p-1/b12-8-. The quantitative estimate of drug-likeness (QED) is 0.679. The molecule has 22 heavy (non-hydrogen) atoms. The second kappa shape index (κ2) is 5.78.